The van der Waals surface area contributed by atoms with Gasteiger partial charge in [0.25, 0.3) is 5.91 Å². The number of tetrazole rings is 1. The Balaban J connectivity index is 1.39. The van der Waals surface area contributed by atoms with Crippen LogP contribution in [0.1, 0.15) is 5.69 Å². The number of aryl methyl sites for hydroxylation is 1. The first kappa shape index (κ1) is 23.0. The molecule has 2 aromatic rings. The molecule has 1 saturated heterocycles. The number of fused-ring (bicyclic) bond motifs is 1. The smallest absolute Gasteiger partial charge is 0.352 e. The Bertz CT molecular complexity index is 1160. The molecule has 17 heteroatoms. The number of hydrogen-bond acceptors (Lipinski definition) is 11. The van der Waals surface area contributed by atoms with Gasteiger partial charge in [0.15, 0.2) is 5.13 Å². The summed E-state index contributed by atoms with van der Waals surface area (Å²) >= 11 is 3.77. The summed E-state index contributed by atoms with van der Waals surface area (Å²) < 4.78 is 1.47. The second-order valence-electron chi connectivity index (χ2n) is 6.90. The molecule has 0 aromatic carbocycles. The van der Waals surface area contributed by atoms with E-state index in [1.807, 2.05) is 0 Å². The molecule has 2 aliphatic heterocycles. The quantitative estimate of drug-likeness (QED) is 0.256. The summed E-state index contributed by atoms with van der Waals surface area (Å²) in [5.74, 6) is -1.45. The van der Waals surface area contributed by atoms with Gasteiger partial charge in [-0.25, -0.2) is 19.3 Å². The largest absolute Gasteiger partial charge is 0.477 e. The van der Waals surface area contributed by atoms with E-state index in [0.717, 1.165) is 11.3 Å². The van der Waals surface area contributed by atoms with Crippen LogP contribution in [0.15, 0.2) is 21.8 Å². The number of nitrogens with zero attached hydrogens (tertiary/aromatic N) is 6. The highest BCUT2D eigenvalue weighted by molar-refractivity contribution is 8.01. The van der Waals surface area contributed by atoms with Crippen molar-refractivity contribution in [1.29, 1.82) is 0 Å². The molecule has 174 valence electrons. The predicted molar refractivity (Wildman–Crippen MR) is 118 cm³/mol. The zero-order valence-electron chi connectivity index (χ0n) is 16.9. The molecule has 0 bridgehead atoms. The zero-order valence-corrected chi connectivity index (χ0v) is 19.4. The number of anilines is 1. The molecule has 33 heavy (non-hydrogen) atoms. The van der Waals surface area contributed by atoms with Gasteiger partial charge >= 0.3 is 12.0 Å². The number of hydrogen-bond donors (Lipinski definition) is 4. The number of carbonyl (C=O) groups is 4. The van der Waals surface area contributed by atoms with Crippen LogP contribution in [0.4, 0.5) is 9.93 Å². The first-order valence-corrected chi connectivity index (χ1v) is 12.2. The van der Waals surface area contributed by atoms with Gasteiger partial charge in [-0.1, -0.05) is 11.8 Å². The van der Waals surface area contributed by atoms with Crippen LogP contribution in [0, 0.1) is 0 Å². The molecule has 2 aromatic heterocycles. The minimum absolute atomic E-state index is 0.0708. The van der Waals surface area contributed by atoms with Crippen LogP contribution in [-0.4, -0.2) is 81.9 Å². The first-order chi connectivity index (χ1) is 15.7. The number of nitrogens with one attached hydrogen (secondary N) is 2. The molecule has 0 radical (unpaired) electrons. The van der Waals surface area contributed by atoms with E-state index < -0.39 is 35.2 Å². The number of carboxylic acid groups (broad SMARTS) is 1. The number of primary amides is 1. The van der Waals surface area contributed by atoms with Crippen molar-refractivity contribution in [3.05, 3.63) is 22.3 Å². The van der Waals surface area contributed by atoms with Crippen molar-refractivity contribution in [2.24, 2.45) is 12.8 Å². The van der Waals surface area contributed by atoms with Crippen molar-refractivity contribution in [1.82, 2.24) is 35.4 Å². The topological polar surface area (TPSA) is 198 Å². The lowest BCUT2D eigenvalue weighted by Gasteiger charge is -2.49. The van der Waals surface area contributed by atoms with Crippen LogP contribution in [-0.2, 0) is 27.9 Å². The molecule has 2 aliphatic rings. The number of carboxylic acids is 1. The van der Waals surface area contributed by atoms with Crippen LogP contribution in [0.25, 0.3) is 0 Å². The number of urea groups is 1. The Morgan fingerprint density at radius 2 is 2.18 bits per heavy atom. The van der Waals surface area contributed by atoms with E-state index in [2.05, 4.69) is 31.1 Å². The fourth-order valence-electron chi connectivity index (χ4n) is 3.23. The van der Waals surface area contributed by atoms with Crippen molar-refractivity contribution < 1.29 is 24.3 Å². The van der Waals surface area contributed by atoms with Gasteiger partial charge in [0.2, 0.25) is 11.1 Å². The molecule has 0 aliphatic carbocycles. The first-order valence-electron chi connectivity index (χ1n) is 9.30. The Hall–Kier alpha value is -3.18. The summed E-state index contributed by atoms with van der Waals surface area (Å²) in [6, 6.07) is -1.60. The number of thiazole rings is 1. The average molecular weight is 512 g/mol. The third kappa shape index (κ3) is 4.79. The Morgan fingerprint density at radius 1 is 1.39 bits per heavy atom. The molecule has 1 fully saturated rings. The van der Waals surface area contributed by atoms with E-state index in [9.17, 15) is 24.3 Å². The number of rotatable bonds is 8. The molecule has 5 N–H and O–H groups in total. The van der Waals surface area contributed by atoms with Gasteiger partial charge in [0.05, 0.1) is 12.1 Å². The third-order valence-corrected chi connectivity index (χ3v) is 7.89. The number of carbonyl (C=O) groups excluding carboxylic acids is 3. The zero-order chi connectivity index (χ0) is 23.7. The number of nitrogens with two attached hydrogens (primary N) is 1. The van der Waals surface area contributed by atoms with E-state index in [1.54, 1.807) is 12.4 Å². The van der Waals surface area contributed by atoms with Crippen molar-refractivity contribution in [3.63, 3.8) is 0 Å². The second kappa shape index (κ2) is 9.36. The molecule has 4 amide bonds. The van der Waals surface area contributed by atoms with Crippen LogP contribution >= 0.6 is 34.9 Å². The SMILES string of the molecule is Cn1nnnc1SCC1=C(C(=O)O)N2C(=O)C(NC(=O)Cc3csc(NC(N)=O)n3)[C@H]2SC1. The summed E-state index contributed by atoms with van der Waals surface area (Å²) in [4.78, 5) is 53.3. The van der Waals surface area contributed by atoms with E-state index in [4.69, 9.17) is 5.73 Å². The molecule has 14 nitrogen and oxygen atoms in total. The summed E-state index contributed by atoms with van der Waals surface area (Å²) in [7, 11) is 1.67. The third-order valence-electron chi connectivity index (χ3n) is 4.65. The lowest BCUT2D eigenvalue weighted by Crippen LogP contribution is -2.70. The van der Waals surface area contributed by atoms with Gasteiger partial charge in [-0.3, -0.25) is 19.8 Å². The summed E-state index contributed by atoms with van der Waals surface area (Å²) in [5.41, 5.74) is 5.95. The number of aliphatic carboxylic acids is 1. The predicted octanol–water partition coefficient (Wildman–Crippen LogP) is -0.769. The number of β-lactam (4-membered cyclic amide) rings is 1. The molecule has 1 unspecified atom stereocenters. The maximum Gasteiger partial charge on any atom is 0.352 e. The number of thioether (sulfide) groups is 2. The van der Waals surface area contributed by atoms with Gasteiger partial charge in [-0.15, -0.1) is 28.2 Å². The van der Waals surface area contributed by atoms with Crippen molar-refractivity contribution in [3.8, 4) is 0 Å². The molecular weight excluding hydrogens is 494 g/mol. The van der Waals surface area contributed by atoms with Gasteiger partial charge in [0.1, 0.15) is 17.1 Å². The maximum absolute atomic E-state index is 12.7. The van der Waals surface area contributed by atoms with Crippen molar-refractivity contribution in [2.45, 2.75) is 23.0 Å². The van der Waals surface area contributed by atoms with Crippen molar-refractivity contribution in [2.75, 3.05) is 16.8 Å². The number of amides is 4. The highest BCUT2D eigenvalue weighted by Crippen LogP contribution is 2.41. The maximum atomic E-state index is 12.7. The molecule has 0 spiro atoms. The van der Waals surface area contributed by atoms with Crippen LogP contribution in [0.5, 0.6) is 0 Å². The molecule has 2 atom stereocenters. The van der Waals surface area contributed by atoms with Gasteiger partial charge in [0, 0.05) is 23.9 Å². The summed E-state index contributed by atoms with van der Waals surface area (Å²) in [5, 5.41) is 27.7. The standard InChI is InChI=1S/C16H17N9O5S3/c1-24-16(21-22-23-24)33-4-6-3-31-12-9(11(27)25(12)10(6)13(28)29)19-8(26)2-7-5-32-15(18-7)20-14(17)30/h5,9,12H,2-4H2,1H3,(H,19,26)(H,28,29)(H3,17,18,20,30)/t9?,12-/m1/s1. The van der Waals surface area contributed by atoms with Gasteiger partial charge in [-0.05, 0) is 16.0 Å². The molecular formula is C16H17N9O5S3. The Kier molecular flexibility index (Phi) is 6.52. The molecule has 0 saturated carbocycles. The fourth-order valence-corrected chi connectivity index (χ4v) is 6.28. The lowest BCUT2D eigenvalue weighted by molar-refractivity contribution is -0.150. The van der Waals surface area contributed by atoms with E-state index in [1.165, 1.54) is 33.1 Å². The van der Waals surface area contributed by atoms with Crippen LogP contribution in [0.2, 0.25) is 0 Å². The van der Waals surface area contributed by atoms with E-state index in [0.29, 0.717) is 27.9 Å². The minimum Gasteiger partial charge on any atom is -0.477 e. The summed E-state index contributed by atoms with van der Waals surface area (Å²) in [6.45, 7) is 0. The highest BCUT2D eigenvalue weighted by Gasteiger charge is 2.54. The second-order valence-corrected chi connectivity index (χ2v) is 9.80. The van der Waals surface area contributed by atoms with Crippen molar-refractivity contribution >= 4 is 63.8 Å². The lowest BCUT2D eigenvalue weighted by atomic mass is 10.0. The molecule has 4 heterocycles. The fraction of sp³-hybridized carbons (Fsp3) is 0.375. The highest BCUT2D eigenvalue weighted by atomic mass is 32.2. The molecule has 4 rings (SSSR count). The normalized spacial score (nSPS) is 19.7. The summed E-state index contributed by atoms with van der Waals surface area (Å²) in [6.07, 6.45) is -0.104. The average Bonchev–Trinajstić information content (AvgIpc) is 3.37. The van der Waals surface area contributed by atoms with E-state index in [-0.39, 0.29) is 17.2 Å². The monoisotopic (exact) mass is 511 g/mol. The van der Waals surface area contributed by atoms with Crippen LogP contribution < -0.4 is 16.4 Å². The van der Waals surface area contributed by atoms with E-state index >= 15 is 0 Å². The van der Waals surface area contributed by atoms with Gasteiger partial charge < -0.3 is 16.2 Å². The van der Waals surface area contributed by atoms with Crippen LogP contribution in [0.3, 0.4) is 0 Å². The minimum atomic E-state index is -1.21. The Morgan fingerprint density at radius 3 is 2.85 bits per heavy atom. The number of aromatic nitrogens is 5. The van der Waals surface area contributed by atoms with Gasteiger partial charge in [-0.2, -0.15) is 0 Å². The Labute approximate surface area is 198 Å².